The first kappa shape index (κ1) is 21.9. The van der Waals surface area contributed by atoms with Gasteiger partial charge in [-0.1, -0.05) is 17.7 Å². The fourth-order valence-electron chi connectivity index (χ4n) is 2.52. The molecule has 0 bridgehead atoms. The Hall–Kier alpha value is -3.37. The van der Waals surface area contributed by atoms with Crippen LogP contribution in [-0.4, -0.2) is 33.8 Å². The summed E-state index contributed by atoms with van der Waals surface area (Å²) in [7, 11) is 4.67. The molecule has 0 heterocycles. The number of rotatable bonds is 9. The van der Waals surface area contributed by atoms with Crippen LogP contribution < -0.4 is 24.8 Å². The maximum Gasteiger partial charge on any atom is 0.267 e. The molecule has 0 spiro atoms. The molecule has 2 aromatic carbocycles. The summed E-state index contributed by atoms with van der Waals surface area (Å²) in [4.78, 5) is 12.3. The predicted octanol–water partition coefficient (Wildman–Crippen LogP) is 3.54. The van der Waals surface area contributed by atoms with Gasteiger partial charge in [0.05, 0.1) is 26.4 Å². The number of ether oxygens (including phenoxy) is 3. The lowest BCUT2D eigenvalue weighted by atomic mass is 10.1. The maximum absolute atomic E-state index is 12.3. The quantitative estimate of drug-likeness (QED) is 0.369. The van der Waals surface area contributed by atoms with Crippen molar-refractivity contribution in [3.05, 3.63) is 58.8 Å². The molecule has 0 radical (unpaired) electrons. The molecule has 8 heteroatoms. The van der Waals surface area contributed by atoms with Crippen molar-refractivity contribution in [1.29, 1.82) is 5.26 Å². The first-order valence-electron chi connectivity index (χ1n) is 8.71. The minimum Gasteiger partial charge on any atom is -0.495 e. The van der Waals surface area contributed by atoms with E-state index in [9.17, 15) is 10.1 Å². The van der Waals surface area contributed by atoms with Crippen LogP contribution in [0.4, 0.5) is 5.69 Å². The molecule has 0 aliphatic carbocycles. The molecule has 2 rings (SSSR count). The number of nitrogens with one attached hydrogen (secondary N) is 2. The van der Waals surface area contributed by atoms with Gasteiger partial charge in [-0.25, -0.2) is 0 Å². The molecular weight excluding hydrogens is 394 g/mol. The number of hydrogen-bond donors (Lipinski definition) is 2. The van der Waals surface area contributed by atoms with E-state index in [1.54, 1.807) is 32.4 Å². The fraction of sp³-hybridized carbons (Fsp3) is 0.238. The number of amides is 1. The molecule has 1 amide bonds. The summed E-state index contributed by atoms with van der Waals surface area (Å²) in [6.07, 6.45) is 2.06. The Kier molecular flexibility index (Phi) is 8.19. The van der Waals surface area contributed by atoms with Crippen molar-refractivity contribution < 1.29 is 19.0 Å². The standard InChI is InChI=1S/C21H22ClN3O4/c1-27-18-7-5-16(11-17(18)22)25-21(26)15(12-23)13-24-9-8-14-4-6-19(28-2)20(10-14)29-3/h4-7,10-11,13,24H,8-9H2,1-3H3,(H,25,26)/b15-13-. The van der Waals surface area contributed by atoms with Crippen LogP contribution in [0.15, 0.2) is 48.2 Å². The summed E-state index contributed by atoms with van der Waals surface area (Å²) in [5.74, 6) is 1.27. The summed E-state index contributed by atoms with van der Waals surface area (Å²) >= 11 is 6.04. The SMILES string of the molecule is COc1ccc(NC(=O)/C(C#N)=C\NCCc2ccc(OC)c(OC)c2)cc1Cl. The van der Waals surface area contributed by atoms with Crippen molar-refractivity contribution in [1.82, 2.24) is 5.32 Å². The number of anilines is 1. The van der Waals surface area contributed by atoms with E-state index in [4.69, 9.17) is 25.8 Å². The summed E-state index contributed by atoms with van der Waals surface area (Å²) in [6.45, 7) is 0.530. The predicted molar refractivity (Wildman–Crippen MR) is 112 cm³/mol. The summed E-state index contributed by atoms with van der Waals surface area (Å²) < 4.78 is 15.6. The average molecular weight is 416 g/mol. The van der Waals surface area contributed by atoms with E-state index in [0.717, 1.165) is 5.56 Å². The van der Waals surface area contributed by atoms with Gasteiger partial charge in [0.1, 0.15) is 17.4 Å². The highest BCUT2D eigenvalue weighted by Gasteiger charge is 2.11. The summed E-state index contributed by atoms with van der Waals surface area (Å²) in [6, 6.07) is 12.4. The van der Waals surface area contributed by atoms with Crippen molar-refractivity contribution in [3.63, 3.8) is 0 Å². The molecule has 0 aliphatic rings. The first-order chi connectivity index (χ1) is 14.0. The highest BCUT2D eigenvalue weighted by Crippen LogP contribution is 2.28. The van der Waals surface area contributed by atoms with Crippen molar-refractivity contribution in [2.45, 2.75) is 6.42 Å². The zero-order valence-corrected chi connectivity index (χ0v) is 17.2. The molecule has 29 heavy (non-hydrogen) atoms. The molecule has 0 atom stereocenters. The van der Waals surface area contributed by atoms with E-state index in [1.807, 2.05) is 24.3 Å². The molecule has 7 nitrogen and oxygen atoms in total. The number of carbonyl (C=O) groups excluding carboxylic acids is 1. The Balaban J connectivity index is 1.93. The molecule has 0 unspecified atom stereocenters. The second-order valence-corrected chi connectivity index (χ2v) is 6.27. The third kappa shape index (κ3) is 6.06. The van der Waals surface area contributed by atoms with Crippen LogP contribution in [0.1, 0.15) is 5.56 Å². The molecule has 152 valence electrons. The third-order valence-corrected chi connectivity index (χ3v) is 4.32. The number of benzene rings is 2. The van der Waals surface area contributed by atoms with E-state index in [0.29, 0.717) is 40.9 Å². The maximum atomic E-state index is 12.3. The van der Waals surface area contributed by atoms with E-state index < -0.39 is 5.91 Å². The highest BCUT2D eigenvalue weighted by atomic mass is 35.5. The number of nitriles is 1. The molecule has 2 N–H and O–H groups in total. The van der Waals surface area contributed by atoms with E-state index in [2.05, 4.69) is 10.6 Å². The van der Waals surface area contributed by atoms with Gasteiger partial charge >= 0.3 is 0 Å². The van der Waals surface area contributed by atoms with Crippen LogP contribution in [0.25, 0.3) is 0 Å². The molecule has 0 aromatic heterocycles. The fourth-order valence-corrected chi connectivity index (χ4v) is 2.78. The Labute approximate surface area is 174 Å². The molecule has 0 fully saturated rings. The summed E-state index contributed by atoms with van der Waals surface area (Å²) in [5.41, 5.74) is 1.44. The minimum atomic E-state index is -0.535. The lowest BCUT2D eigenvalue weighted by Gasteiger charge is -2.10. The van der Waals surface area contributed by atoms with Gasteiger partial charge in [0.2, 0.25) is 0 Å². The van der Waals surface area contributed by atoms with Crippen molar-refractivity contribution in [2.75, 3.05) is 33.2 Å². The Morgan fingerprint density at radius 3 is 2.38 bits per heavy atom. The zero-order chi connectivity index (χ0) is 21.2. The molecule has 0 saturated carbocycles. The van der Waals surface area contributed by atoms with Crippen LogP contribution in [0.5, 0.6) is 17.2 Å². The lowest BCUT2D eigenvalue weighted by Crippen LogP contribution is -2.18. The number of nitrogens with zero attached hydrogens (tertiary/aromatic N) is 1. The van der Waals surface area contributed by atoms with Crippen molar-refractivity contribution >= 4 is 23.2 Å². The highest BCUT2D eigenvalue weighted by molar-refractivity contribution is 6.32. The normalized spacial score (nSPS) is 10.7. The third-order valence-electron chi connectivity index (χ3n) is 4.03. The van der Waals surface area contributed by atoms with Crippen molar-refractivity contribution in [3.8, 4) is 23.3 Å². The smallest absolute Gasteiger partial charge is 0.267 e. The van der Waals surface area contributed by atoms with Crippen LogP contribution >= 0.6 is 11.6 Å². The van der Waals surface area contributed by atoms with E-state index >= 15 is 0 Å². The number of carbonyl (C=O) groups is 1. The van der Waals surface area contributed by atoms with Gasteiger partial charge in [-0.15, -0.1) is 0 Å². The number of halogens is 1. The van der Waals surface area contributed by atoms with Crippen LogP contribution in [0.2, 0.25) is 5.02 Å². The topological polar surface area (TPSA) is 92.6 Å². The van der Waals surface area contributed by atoms with Gasteiger partial charge in [-0.05, 0) is 42.3 Å². The van der Waals surface area contributed by atoms with Gasteiger partial charge in [0.15, 0.2) is 11.5 Å². The molecule has 0 aliphatic heterocycles. The largest absolute Gasteiger partial charge is 0.495 e. The van der Waals surface area contributed by atoms with Gasteiger partial charge in [0, 0.05) is 18.4 Å². The van der Waals surface area contributed by atoms with Gasteiger partial charge in [0.25, 0.3) is 5.91 Å². The number of hydrogen-bond acceptors (Lipinski definition) is 6. The van der Waals surface area contributed by atoms with Crippen LogP contribution in [0.3, 0.4) is 0 Å². The number of methoxy groups -OCH3 is 3. The Morgan fingerprint density at radius 1 is 1.07 bits per heavy atom. The van der Waals surface area contributed by atoms with Crippen LogP contribution in [0, 0.1) is 11.3 Å². The van der Waals surface area contributed by atoms with E-state index in [1.165, 1.54) is 13.3 Å². The Bertz CT molecular complexity index is 938. The van der Waals surface area contributed by atoms with Gasteiger partial charge < -0.3 is 24.8 Å². The summed E-state index contributed by atoms with van der Waals surface area (Å²) in [5, 5.41) is 15.2. The first-order valence-corrected chi connectivity index (χ1v) is 9.09. The monoisotopic (exact) mass is 415 g/mol. The second kappa shape index (κ2) is 10.8. The van der Waals surface area contributed by atoms with Gasteiger partial charge in [-0.2, -0.15) is 5.26 Å². The van der Waals surface area contributed by atoms with E-state index in [-0.39, 0.29) is 5.57 Å². The molecule has 2 aromatic rings. The Morgan fingerprint density at radius 2 is 1.76 bits per heavy atom. The zero-order valence-electron chi connectivity index (χ0n) is 16.4. The lowest BCUT2D eigenvalue weighted by molar-refractivity contribution is -0.112. The van der Waals surface area contributed by atoms with Gasteiger partial charge in [-0.3, -0.25) is 4.79 Å². The minimum absolute atomic E-state index is 0.0516. The van der Waals surface area contributed by atoms with Crippen molar-refractivity contribution in [2.24, 2.45) is 0 Å². The molecule has 0 saturated heterocycles. The molecular formula is C21H22ClN3O4. The second-order valence-electron chi connectivity index (χ2n) is 5.87. The average Bonchev–Trinajstić information content (AvgIpc) is 2.73. The van der Waals surface area contributed by atoms with Crippen LogP contribution in [-0.2, 0) is 11.2 Å².